The average molecular weight is 634 g/mol. The molecule has 0 unspecified atom stereocenters. The molecule has 0 spiro atoms. The summed E-state index contributed by atoms with van der Waals surface area (Å²) in [4.78, 5) is 45.0. The summed E-state index contributed by atoms with van der Waals surface area (Å²) >= 11 is 0. The van der Waals surface area contributed by atoms with E-state index >= 15 is 0 Å². The lowest BCUT2D eigenvalue weighted by Gasteiger charge is -2.31. The van der Waals surface area contributed by atoms with Crippen molar-refractivity contribution in [3.8, 4) is 5.75 Å². The number of rotatable bonds is 10. The van der Waals surface area contributed by atoms with Crippen molar-refractivity contribution < 1.29 is 23.9 Å². The van der Waals surface area contributed by atoms with Crippen molar-refractivity contribution in [3.63, 3.8) is 0 Å². The second kappa shape index (κ2) is 14.1. The van der Waals surface area contributed by atoms with Gasteiger partial charge in [-0.3, -0.25) is 14.5 Å². The summed E-state index contributed by atoms with van der Waals surface area (Å²) in [5.74, 6) is -0.00608. The minimum Gasteiger partial charge on any atom is -0.497 e. The van der Waals surface area contributed by atoms with E-state index in [-0.39, 0.29) is 18.4 Å². The van der Waals surface area contributed by atoms with E-state index in [1.165, 1.54) is 4.90 Å². The molecule has 47 heavy (non-hydrogen) atoms. The summed E-state index contributed by atoms with van der Waals surface area (Å²) in [7, 11) is 1.57. The zero-order chi connectivity index (χ0) is 33.6. The number of amides is 3. The van der Waals surface area contributed by atoms with Crippen molar-refractivity contribution in [2.75, 3.05) is 29.6 Å². The number of nitrogens with zero attached hydrogens (tertiary/aromatic N) is 1. The van der Waals surface area contributed by atoms with Crippen LogP contribution >= 0.6 is 0 Å². The molecular weight excluding hydrogens is 594 g/mol. The summed E-state index contributed by atoms with van der Waals surface area (Å²) in [6.07, 6.45) is 1.75. The number of hydrogen-bond donors (Lipinski definition) is 4. The number of nitrogen functional groups attached to an aromatic ring is 1. The number of nitrogens with one attached hydrogen (secondary N) is 3. The molecule has 0 radical (unpaired) electrons. The van der Waals surface area contributed by atoms with Gasteiger partial charge in [0.05, 0.1) is 24.5 Å². The third-order valence-corrected chi connectivity index (χ3v) is 7.50. The highest BCUT2D eigenvalue weighted by Gasteiger charge is 2.28. The number of methoxy groups -OCH3 is 1. The van der Waals surface area contributed by atoms with Crippen molar-refractivity contribution in [3.05, 3.63) is 120 Å². The number of carbonyl (C=O) groups is 3. The number of fused-ring (bicyclic) bond motifs is 1. The molecule has 0 saturated carbocycles. The Morgan fingerprint density at radius 2 is 1.49 bits per heavy atom. The first kappa shape index (κ1) is 32.6. The second-order valence-corrected chi connectivity index (χ2v) is 12.1. The molecule has 0 fully saturated rings. The number of aromatic nitrogens is 1. The van der Waals surface area contributed by atoms with Gasteiger partial charge in [0.1, 0.15) is 11.4 Å². The smallest absolute Gasteiger partial charge is 0.414 e. The van der Waals surface area contributed by atoms with Gasteiger partial charge >= 0.3 is 6.09 Å². The Hall–Kier alpha value is -5.77. The van der Waals surface area contributed by atoms with Gasteiger partial charge in [-0.15, -0.1) is 0 Å². The molecule has 5 N–H and O–H groups in total. The predicted molar refractivity (Wildman–Crippen MR) is 185 cm³/mol. The monoisotopic (exact) mass is 633 g/mol. The van der Waals surface area contributed by atoms with Gasteiger partial charge < -0.3 is 30.8 Å². The van der Waals surface area contributed by atoms with Crippen LogP contribution in [-0.2, 0) is 11.2 Å². The summed E-state index contributed by atoms with van der Waals surface area (Å²) < 4.78 is 11.0. The summed E-state index contributed by atoms with van der Waals surface area (Å²) in [5, 5.41) is 6.97. The van der Waals surface area contributed by atoms with E-state index in [0.29, 0.717) is 40.4 Å². The Bertz CT molecular complexity index is 1860. The van der Waals surface area contributed by atoms with Gasteiger partial charge in [0.2, 0.25) is 0 Å². The first-order valence-electron chi connectivity index (χ1n) is 15.3. The zero-order valence-electron chi connectivity index (χ0n) is 26.9. The molecule has 10 nitrogen and oxygen atoms in total. The number of ether oxygens (including phenoxy) is 2. The van der Waals surface area contributed by atoms with E-state index in [9.17, 15) is 14.4 Å². The van der Waals surface area contributed by atoms with Crippen molar-refractivity contribution in [1.29, 1.82) is 0 Å². The molecule has 0 aliphatic carbocycles. The number of H-pyrrole nitrogens is 1. The Labute approximate surface area is 273 Å². The Morgan fingerprint density at radius 1 is 0.851 bits per heavy atom. The number of hydrogen-bond acceptors (Lipinski definition) is 6. The maximum Gasteiger partial charge on any atom is 0.414 e. The van der Waals surface area contributed by atoms with Crippen LogP contribution in [0.4, 0.5) is 21.9 Å². The summed E-state index contributed by atoms with van der Waals surface area (Å²) in [6, 6.07) is 27.8. The molecule has 0 bridgehead atoms. The molecule has 0 aliphatic heterocycles. The Balaban J connectivity index is 1.44. The molecule has 1 aromatic heterocycles. The SMILES string of the molecule is COc1ccc(C(=O)N[C@@H](Cc2c[nH]c3ccccc23)CN(C(=O)OC(C)(C)C)c2ccc(C(=O)Nc3ccccc3N)cc2)cc1. The molecule has 3 amide bonds. The second-order valence-electron chi connectivity index (χ2n) is 12.1. The van der Waals surface area contributed by atoms with Crippen LogP contribution in [0.3, 0.4) is 0 Å². The molecule has 5 aromatic rings. The van der Waals surface area contributed by atoms with E-state index in [4.69, 9.17) is 15.2 Å². The van der Waals surface area contributed by atoms with Crippen LogP contribution in [0.5, 0.6) is 5.75 Å². The van der Waals surface area contributed by atoms with Gasteiger partial charge in [0, 0.05) is 40.5 Å². The van der Waals surface area contributed by atoms with Gasteiger partial charge in [0.15, 0.2) is 0 Å². The predicted octanol–water partition coefficient (Wildman–Crippen LogP) is 6.79. The summed E-state index contributed by atoms with van der Waals surface area (Å²) in [5.41, 5.74) is 9.46. The van der Waals surface area contributed by atoms with Crippen LogP contribution in [0.25, 0.3) is 10.9 Å². The molecule has 242 valence electrons. The minimum absolute atomic E-state index is 0.0857. The van der Waals surface area contributed by atoms with Gasteiger partial charge in [-0.05, 0) is 99.5 Å². The van der Waals surface area contributed by atoms with Gasteiger partial charge in [0.25, 0.3) is 11.8 Å². The van der Waals surface area contributed by atoms with Crippen molar-refractivity contribution in [2.24, 2.45) is 0 Å². The van der Waals surface area contributed by atoms with Crippen LogP contribution in [0.1, 0.15) is 47.1 Å². The maximum atomic E-state index is 13.7. The summed E-state index contributed by atoms with van der Waals surface area (Å²) in [6.45, 7) is 5.46. The molecule has 4 aromatic carbocycles. The largest absolute Gasteiger partial charge is 0.497 e. The lowest BCUT2D eigenvalue weighted by atomic mass is 10.0. The fourth-order valence-corrected chi connectivity index (χ4v) is 5.16. The Kier molecular flexibility index (Phi) is 9.80. The number of aromatic amines is 1. The van der Waals surface area contributed by atoms with Gasteiger partial charge in [-0.1, -0.05) is 30.3 Å². The number of para-hydroxylation sites is 3. The van der Waals surface area contributed by atoms with E-state index < -0.39 is 17.7 Å². The number of nitrogens with two attached hydrogens (primary N) is 1. The van der Waals surface area contributed by atoms with Crippen LogP contribution in [-0.4, -0.2) is 48.2 Å². The number of benzene rings is 4. The topological polar surface area (TPSA) is 139 Å². The lowest BCUT2D eigenvalue weighted by Crippen LogP contribution is -2.48. The Morgan fingerprint density at radius 3 is 2.17 bits per heavy atom. The molecule has 1 atom stereocenters. The maximum absolute atomic E-state index is 13.7. The van der Waals surface area contributed by atoms with E-state index in [1.54, 1.807) is 101 Å². The van der Waals surface area contributed by atoms with Crippen molar-refractivity contribution >= 4 is 45.9 Å². The number of anilines is 3. The quantitative estimate of drug-likeness (QED) is 0.125. The first-order chi connectivity index (χ1) is 22.5. The van der Waals surface area contributed by atoms with Crippen molar-refractivity contribution in [1.82, 2.24) is 10.3 Å². The third kappa shape index (κ3) is 8.29. The standard InChI is InChI=1S/C37H39N5O5/c1-37(2,3)47-36(45)42(28-17-13-24(14-18-28)35(44)41-33-12-8-6-10-31(33)38)23-27(21-26-22-39-32-11-7-5-9-30(26)32)40-34(43)25-15-19-29(46-4)20-16-25/h5-20,22,27,39H,21,23,38H2,1-4H3,(H,40,43)(H,41,44)/t27-/m0/s1. The van der Waals surface area contributed by atoms with E-state index in [2.05, 4.69) is 15.6 Å². The molecule has 10 heteroatoms. The normalized spacial score (nSPS) is 11.8. The first-order valence-corrected chi connectivity index (χ1v) is 15.3. The molecule has 5 rings (SSSR count). The van der Waals surface area contributed by atoms with Gasteiger partial charge in [-0.25, -0.2) is 4.79 Å². The molecule has 0 saturated heterocycles. The fraction of sp³-hybridized carbons (Fsp3) is 0.216. The fourth-order valence-electron chi connectivity index (χ4n) is 5.16. The highest BCUT2D eigenvalue weighted by Crippen LogP contribution is 2.24. The van der Waals surface area contributed by atoms with Crippen LogP contribution in [0, 0.1) is 0 Å². The highest BCUT2D eigenvalue weighted by atomic mass is 16.6. The van der Waals surface area contributed by atoms with Crippen LogP contribution < -0.4 is 26.0 Å². The lowest BCUT2D eigenvalue weighted by molar-refractivity contribution is 0.0574. The molecule has 1 heterocycles. The third-order valence-electron chi connectivity index (χ3n) is 7.50. The van der Waals surface area contributed by atoms with Crippen molar-refractivity contribution in [2.45, 2.75) is 38.8 Å². The van der Waals surface area contributed by atoms with E-state index in [1.807, 2.05) is 30.5 Å². The average Bonchev–Trinajstić information content (AvgIpc) is 3.46. The van der Waals surface area contributed by atoms with Gasteiger partial charge in [-0.2, -0.15) is 0 Å². The van der Waals surface area contributed by atoms with Crippen LogP contribution in [0.2, 0.25) is 0 Å². The van der Waals surface area contributed by atoms with Crippen LogP contribution in [0.15, 0.2) is 103 Å². The minimum atomic E-state index is -0.774. The molecule has 0 aliphatic rings. The zero-order valence-corrected chi connectivity index (χ0v) is 26.9. The highest BCUT2D eigenvalue weighted by molar-refractivity contribution is 6.06. The van der Waals surface area contributed by atoms with E-state index in [0.717, 1.165) is 16.5 Å². The number of carbonyl (C=O) groups excluding carboxylic acids is 3. The molecular formula is C37H39N5O5.